The molecule has 25 heavy (non-hydrogen) atoms. The van der Waals surface area contributed by atoms with E-state index in [9.17, 15) is 9.90 Å². The molecule has 2 N–H and O–H groups in total. The third-order valence-corrected chi connectivity index (χ3v) is 5.47. The van der Waals surface area contributed by atoms with E-state index in [0.29, 0.717) is 25.6 Å². The summed E-state index contributed by atoms with van der Waals surface area (Å²) >= 11 is 0. The van der Waals surface area contributed by atoms with Crippen molar-refractivity contribution in [2.24, 2.45) is 11.3 Å². The first kappa shape index (κ1) is 18.2. The summed E-state index contributed by atoms with van der Waals surface area (Å²) in [4.78, 5) is 14.4. The zero-order valence-corrected chi connectivity index (χ0v) is 14.9. The van der Waals surface area contributed by atoms with Crippen LogP contribution in [0.25, 0.3) is 0 Å². The molecule has 0 unspecified atom stereocenters. The summed E-state index contributed by atoms with van der Waals surface area (Å²) in [5, 5.41) is 12.8. The Labute approximate surface area is 149 Å². The lowest BCUT2D eigenvalue weighted by Crippen LogP contribution is -2.43. The second-order valence-corrected chi connectivity index (χ2v) is 7.14. The number of hydrogen-bond acceptors (Lipinski definition) is 5. The van der Waals surface area contributed by atoms with E-state index in [2.05, 4.69) is 10.2 Å². The van der Waals surface area contributed by atoms with Crippen molar-refractivity contribution < 1.29 is 19.4 Å². The average molecular weight is 348 g/mol. The Kier molecular flexibility index (Phi) is 5.93. The summed E-state index contributed by atoms with van der Waals surface area (Å²) in [6, 6.07) is 7.86. The molecule has 2 saturated heterocycles. The molecule has 0 saturated carbocycles. The van der Waals surface area contributed by atoms with Gasteiger partial charge in [0.1, 0.15) is 5.75 Å². The molecule has 1 amide bonds. The number of aliphatic hydroxyl groups excluding tert-OH is 1. The summed E-state index contributed by atoms with van der Waals surface area (Å²) in [6.45, 7) is 4.04. The highest BCUT2D eigenvalue weighted by atomic mass is 16.5. The van der Waals surface area contributed by atoms with E-state index in [1.165, 1.54) is 0 Å². The summed E-state index contributed by atoms with van der Waals surface area (Å²) in [6.07, 6.45) is 1.71. The van der Waals surface area contributed by atoms with E-state index >= 15 is 0 Å². The summed E-state index contributed by atoms with van der Waals surface area (Å²) in [7, 11) is 1.66. The van der Waals surface area contributed by atoms with Crippen LogP contribution in [0, 0.1) is 11.3 Å². The fourth-order valence-corrected chi connectivity index (χ4v) is 4.06. The molecule has 0 aromatic heterocycles. The molecule has 1 aromatic rings. The molecule has 0 aliphatic carbocycles. The number of hydrogen-bond donors (Lipinski definition) is 2. The maximum Gasteiger partial charge on any atom is 0.234 e. The van der Waals surface area contributed by atoms with Gasteiger partial charge in [0, 0.05) is 31.7 Å². The normalized spacial score (nSPS) is 26.2. The number of rotatable bonds is 7. The Morgan fingerprint density at radius 3 is 3.08 bits per heavy atom. The van der Waals surface area contributed by atoms with Crippen molar-refractivity contribution in [2.75, 3.05) is 53.1 Å². The van der Waals surface area contributed by atoms with Crippen LogP contribution in [0.2, 0.25) is 0 Å². The van der Waals surface area contributed by atoms with Gasteiger partial charge in [-0.2, -0.15) is 0 Å². The highest BCUT2D eigenvalue weighted by molar-refractivity contribution is 5.78. The topological polar surface area (TPSA) is 71.0 Å². The highest BCUT2D eigenvalue weighted by Crippen LogP contribution is 2.40. The van der Waals surface area contributed by atoms with Gasteiger partial charge in [-0.3, -0.25) is 9.69 Å². The van der Waals surface area contributed by atoms with Crippen LogP contribution >= 0.6 is 0 Å². The lowest BCUT2D eigenvalue weighted by atomic mass is 9.76. The zero-order valence-electron chi connectivity index (χ0n) is 14.9. The molecule has 2 aliphatic heterocycles. The minimum Gasteiger partial charge on any atom is -0.496 e. The number of methoxy groups -OCH3 is 1. The van der Waals surface area contributed by atoms with Gasteiger partial charge in [0.15, 0.2) is 0 Å². The van der Waals surface area contributed by atoms with Crippen LogP contribution in [0.1, 0.15) is 12.0 Å². The predicted octanol–water partition coefficient (Wildman–Crippen LogP) is 0.685. The van der Waals surface area contributed by atoms with Gasteiger partial charge in [-0.25, -0.2) is 0 Å². The van der Waals surface area contributed by atoms with E-state index in [4.69, 9.17) is 9.47 Å². The van der Waals surface area contributed by atoms with Crippen molar-refractivity contribution in [3.8, 4) is 5.75 Å². The quantitative estimate of drug-likeness (QED) is 0.758. The second-order valence-electron chi connectivity index (χ2n) is 7.14. The molecule has 2 heterocycles. The first-order valence-electron chi connectivity index (χ1n) is 8.96. The fraction of sp³-hybridized carbons (Fsp3) is 0.632. The van der Waals surface area contributed by atoms with E-state index in [-0.39, 0.29) is 17.9 Å². The van der Waals surface area contributed by atoms with Gasteiger partial charge in [0.25, 0.3) is 0 Å². The van der Waals surface area contributed by atoms with Crippen LogP contribution in [-0.4, -0.2) is 69.0 Å². The van der Waals surface area contributed by atoms with Gasteiger partial charge in [-0.1, -0.05) is 18.2 Å². The number of likely N-dealkylation sites (tertiary alicyclic amines) is 1. The third kappa shape index (κ3) is 4.14. The molecular weight excluding hydrogens is 320 g/mol. The number of nitrogens with zero attached hydrogens (tertiary/aromatic N) is 1. The summed E-state index contributed by atoms with van der Waals surface area (Å²) in [5.74, 6) is 1.31. The highest BCUT2D eigenvalue weighted by Gasteiger charge is 2.48. The summed E-state index contributed by atoms with van der Waals surface area (Å²) in [5.41, 5.74) is 0.907. The number of fused-ring (bicyclic) bond motifs is 1. The van der Waals surface area contributed by atoms with Crippen molar-refractivity contribution in [1.82, 2.24) is 10.2 Å². The van der Waals surface area contributed by atoms with Gasteiger partial charge in [-0.05, 0) is 30.4 Å². The van der Waals surface area contributed by atoms with Gasteiger partial charge in [0.05, 0.1) is 26.9 Å². The van der Waals surface area contributed by atoms with Crippen molar-refractivity contribution >= 4 is 5.91 Å². The maximum atomic E-state index is 12.3. The molecule has 1 aromatic carbocycles. The van der Waals surface area contributed by atoms with Crippen LogP contribution in [0.4, 0.5) is 0 Å². The third-order valence-electron chi connectivity index (χ3n) is 5.47. The van der Waals surface area contributed by atoms with E-state index in [0.717, 1.165) is 43.9 Å². The van der Waals surface area contributed by atoms with E-state index < -0.39 is 0 Å². The van der Waals surface area contributed by atoms with Gasteiger partial charge in [0.2, 0.25) is 5.91 Å². The Bertz CT molecular complexity index is 595. The average Bonchev–Trinajstić information content (AvgIpc) is 3.00. The first-order valence-corrected chi connectivity index (χ1v) is 8.96. The number of benzene rings is 1. The minimum absolute atomic E-state index is 0.0301. The predicted molar refractivity (Wildman–Crippen MR) is 94.6 cm³/mol. The molecule has 6 heteroatoms. The lowest BCUT2D eigenvalue weighted by Gasteiger charge is -2.36. The van der Waals surface area contributed by atoms with Crippen LogP contribution < -0.4 is 10.1 Å². The number of carbonyl (C=O) groups is 1. The van der Waals surface area contributed by atoms with Crippen LogP contribution in [0.15, 0.2) is 24.3 Å². The molecule has 2 atom stereocenters. The maximum absolute atomic E-state index is 12.3. The molecule has 2 fully saturated rings. The standard InChI is InChI=1S/C19H28N2O4/c1-24-17-5-3-2-4-15(17)6-8-20-18(23)11-21-10-16-7-9-25-14-19(16,12-21)13-22/h2-5,16,22H,6-14H2,1H3,(H,20,23)/t16-,19+/m0/s1. The van der Waals surface area contributed by atoms with Crippen LogP contribution in [0.5, 0.6) is 5.75 Å². The number of carbonyl (C=O) groups excluding carboxylic acids is 1. The first-order chi connectivity index (χ1) is 12.2. The van der Waals surface area contributed by atoms with Crippen LogP contribution in [-0.2, 0) is 16.0 Å². The van der Waals surface area contributed by atoms with Crippen molar-refractivity contribution in [2.45, 2.75) is 12.8 Å². The van der Waals surface area contributed by atoms with Crippen molar-refractivity contribution in [3.63, 3.8) is 0 Å². The molecule has 2 aliphatic rings. The Balaban J connectivity index is 1.45. The Morgan fingerprint density at radius 2 is 2.32 bits per heavy atom. The molecule has 0 radical (unpaired) electrons. The SMILES string of the molecule is COc1ccccc1CCNC(=O)CN1C[C@@H]2CCOC[C@]2(CO)C1. The van der Waals surface area contributed by atoms with E-state index in [1.54, 1.807) is 7.11 Å². The number of para-hydroxylation sites is 1. The van der Waals surface area contributed by atoms with Gasteiger partial charge < -0.3 is 19.9 Å². The molecule has 138 valence electrons. The Hall–Kier alpha value is -1.63. The molecule has 0 bridgehead atoms. The molecule has 0 spiro atoms. The molecule has 6 nitrogen and oxygen atoms in total. The van der Waals surface area contributed by atoms with Gasteiger partial charge >= 0.3 is 0 Å². The molecule has 3 rings (SSSR count). The second kappa shape index (κ2) is 8.17. The molecular formula is C19H28N2O4. The van der Waals surface area contributed by atoms with Crippen molar-refractivity contribution in [1.29, 1.82) is 0 Å². The number of aliphatic hydroxyl groups is 1. The lowest BCUT2D eigenvalue weighted by molar-refractivity contribution is -0.122. The van der Waals surface area contributed by atoms with E-state index in [1.807, 2.05) is 24.3 Å². The Morgan fingerprint density at radius 1 is 1.48 bits per heavy atom. The largest absolute Gasteiger partial charge is 0.496 e. The van der Waals surface area contributed by atoms with Crippen molar-refractivity contribution in [3.05, 3.63) is 29.8 Å². The minimum atomic E-state index is -0.185. The monoisotopic (exact) mass is 348 g/mol. The van der Waals surface area contributed by atoms with Crippen LogP contribution in [0.3, 0.4) is 0 Å². The number of ether oxygens (including phenoxy) is 2. The smallest absolute Gasteiger partial charge is 0.234 e. The number of amides is 1. The number of nitrogens with one attached hydrogen (secondary N) is 1. The summed E-state index contributed by atoms with van der Waals surface area (Å²) < 4.78 is 10.9. The fourth-order valence-electron chi connectivity index (χ4n) is 4.06. The van der Waals surface area contributed by atoms with Gasteiger partial charge in [-0.15, -0.1) is 0 Å². The zero-order chi connectivity index (χ0) is 17.7.